The van der Waals surface area contributed by atoms with Crippen LogP contribution in [-0.4, -0.2) is 5.78 Å². The van der Waals surface area contributed by atoms with Crippen molar-refractivity contribution in [3.63, 3.8) is 0 Å². The maximum absolute atomic E-state index is 12.5. The first kappa shape index (κ1) is 16.5. The molecule has 0 bridgehead atoms. The standard InChI is InChI=1S/C20H15ClN2O3/c21-13-5-2-1-4-11(13)15-8-9-17(25-15)18-12(10-22)20(23)26-16-7-3-6-14(24)19(16)18/h1-2,4-5,8-9,18H,3,6-7,23H2/t18-/m1/s1. The molecule has 1 aromatic carbocycles. The summed E-state index contributed by atoms with van der Waals surface area (Å²) in [6, 6.07) is 12.9. The second-order valence-corrected chi connectivity index (χ2v) is 6.63. The molecule has 0 saturated carbocycles. The fourth-order valence-electron chi connectivity index (χ4n) is 3.45. The fourth-order valence-corrected chi connectivity index (χ4v) is 3.68. The molecule has 2 N–H and O–H groups in total. The number of nitrogens with two attached hydrogens (primary N) is 1. The van der Waals surface area contributed by atoms with Gasteiger partial charge in [-0.15, -0.1) is 0 Å². The van der Waals surface area contributed by atoms with E-state index in [2.05, 4.69) is 6.07 Å². The van der Waals surface area contributed by atoms with Crippen molar-refractivity contribution >= 4 is 17.4 Å². The first-order valence-corrected chi connectivity index (χ1v) is 8.66. The molecule has 1 aliphatic carbocycles. The Morgan fingerprint density at radius 1 is 1.19 bits per heavy atom. The molecule has 0 amide bonds. The lowest BCUT2D eigenvalue weighted by atomic mass is 9.80. The van der Waals surface area contributed by atoms with Crippen LogP contribution in [0.25, 0.3) is 11.3 Å². The number of halogens is 1. The van der Waals surface area contributed by atoms with Gasteiger partial charge in [-0.25, -0.2) is 0 Å². The number of furan rings is 1. The van der Waals surface area contributed by atoms with Crippen molar-refractivity contribution in [1.82, 2.24) is 0 Å². The summed E-state index contributed by atoms with van der Waals surface area (Å²) in [5, 5.41) is 10.1. The highest BCUT2D eigenvalue weighted by atomic mass is 35.5. The summed E-state index contributed by atoms with van der Waals surface area (Å²) in [5.41, 5.74) is 7.35. The molecular formula is C20H15ClN2O3. The van der Waals surface area contributed by atoms with Gasteiger partial charge in [0.2, 0.25) is 5.88 Å². The van der Waals surface area contributed by atoms with Crippen LogP contribution in [0.3, 0.4) is 0 Å². The van der Waals surface area contributed by atoms with Crippen LogP contribution < -0.4 is 5.73 Å². The van der Waals surface area contributed by atoms with Crippen LogP contribution in [0.4, 0.5) is 0 Å². The first-order chi connectivity index (χ1) is 12.6. The van der Waals surface area contributed by atoms with E-state index < -0.39 is 5.92 Å². The number of benzene rings is 1. The maximum Gasteiger partial charge on any atom is 0.205 e. The molecule has 1 aliphatic heterocycles. The molecule has 1 aromatic heterocycles. The van der Waals surface area contributed by atoms with Crippen molar-refractivity contribution in [3.05, 3.63) is 70.0 Å². The monoisotopic (exact) mass is 366 g/mol. The lowest BCUT2D eigenvalue weighted by Gasteiger charge is -2.29. The third-order valence-corrected chi connectivity index (χ3v) is 4.99. The number of carbonyl (C=O) groups excluding carboxylic acids is 1. The van der Waals surface area contributed by atoms with E-state index in [1.165, 1.54) is 0 Å². The summed E-state index contributed by atoms with van der Waals surface area (Å²) in [6.45, 7) is 0. The van der Waals surface area contributed by atoms with Crippen molar-refractivity contribution in [1.29, 1.82) is 5.26 Å². The summed E-state index contributed by atoms with van der Waals surface area (Å²) in [6.07, 6.45) is 1.76. The average Bonchev–Trinajstić information content (AvgIpc) is 3.10. The number of ketones is 1. The Morgan fingerprint density at radius 2 is 2.00 bits per heavy atom. The van der Waals surface area contributed by atoms with E-state index in [-0.39, 0.29) is 17.2 Å². The number of rotatable bonds is 2. The van der Waals surface area contributed by atoms with Gasteiger partial charge in [0, 0.05) is 24.0 Å². The minimum absolute atomic E-state index is 0.0293. The van der Waals surface area contributed by atoms with Gasteiger partial charge < -0.3 is 14.9 Å². The molecule has 6 heteroatoms. The predicted molar refractivity (Wildman–Crippen MR) is 95.7 cm³/mol. The number of nitriles is 1. The van der Waals surface area contributed by atoms with Gasteiger partial charge in [0.05, 0.1) is 10.9 Å². The second-order valence-electron chi connectivity index (χ2n) is 6.22. The number of hydrogen-bond acceptors (Lipinski definition) is 5. The lowest BCUT2D eigenvalue weighted by Crippen LogP contribution is -2.27. The largest absolute Gasteiger partial charge is 0.460 e. The number of Topliss-reactive ketones (excluding diaryl/α,β-unsaturated/α-hetero) is 1. The van der Waals surface area contributed by atoms with Crippen molar-refractivity contribution in [2.45, 2.75) is 25.2 Å². The molecule has 2 heterocycles. The zero-order valence-electron chi connectivity index (χ0n) is 13.8. The van der Waals surface area contributed by atoms with E-state index in [9.17, 15) is 10.1 Å². The number of nitrogens with zero attached hydrogens (tertiary/aromatic N) is 1. The van der Waals surface area contributed by atoms with Gasteiger partial charge in [-0.05, 0) is 30.7 Å². The highest BCUT2D eigenvalue weighted by Gasteiger charge is 2.39. The molecular weight excluding hydrogens is 352 g/mol. The van der Waals surface area contributed by atoms with Crippen molar-refractivity contribution in [3.8, 4) is 17.4 Å². The van der Waals surface area contributed by atoms with Gasteiger partial charge in [-0.1, -0.05) is 23.7 Å². The molecule has 0 fully saturated rings. The number of allylic oxidation sites excluding steroid dienone is 3. The zero-order chi connectivity index (χ0) is 18.3. The maximum atomic E-state index is 12.5. The third kappa shape index (κ3) is 2.59. The number of hydrogen-bond donors (Lipinski definition) is 1. The lowest BCUT2D eigenvalue weighted by molar-refractivity contribution is -0.116. The molecule has 2 aliphatic rings. The van der Waals surface area contributed by atoms with Crippen LogP contribution in [0.2, 0.25) is 5.02 Å². The van der Waals surface area contributed by atoms with E-state index in [0.717, 1.165) is 5.56 Å². The molecule has 2 aromatic rings. The number of carbonyl (C=O) groups is 1. The van der Waals surface area contributed by atoms with Crippen molar-refractivity contribution in [2.75, 3.05) is 0 Å². The normalized spacial score (nSPS) is 19.8. The van der Waals surface area contributed by atoms with Crippen LogP contribution in [0.1, 0.15) is 30.9 Å². The summed E-state index contributed by atoms with van der Waals surface area (Å²) >= 11 is 6.24. The summed E-state index contributed by atoms with van der Waals surface area (Å²) < 4.78 is 11.6. The van der Waals surface area contributed by atoms with Crippen LogP contribution in [0.5, 0.6) is 0 Å². The van der Waals surface area contributed by atoms with E-state index in [1.54, 1.807) is 18.2 Å². The van der Waals surface area contributed by atoms with Gasteiger partial charge in [-0.3, -0.25) is 4.79 Å². The van der Waals surface area contributed by atoms with Crippen molar-refractivity contribution in [2.24, 2.45) is 5.73 Å². The minimum atomic E-state index is -0.646. The zero-order valence-corrected chi connectivity index (χ0v) is 14.5. The summed E-state index contributed by atoms with van der Waals surface area (Å²) in [7, 11) is 0. The Labute approximate surface area is 155 Å². The van der Waals surface area contributed by atoms with Crippen LogP contribution >= 0.6 is 11.6 Å². The van der Waals surface area contributed by atoms with Gasteiger partial charge in [0.15, 0.2) is 5.78 Å². The molecule has 4 rings (SSSR count). The number of ether oxygens (including phenoxy) is 1. The smallest absolute Gasteiger partial charge is 0.205 e. The van der Waals surface area contributed by atoms with E-state index in [1.807, 2.05) is 18.2 Å². The first-order valence-electron chi connectivity index (χ1n) is 8.28. The van der Waals surface area contributed by atoms with Crippen LogP contribution in [0, 0.1) is 11.3 Å². The SMILES string of the molecule is N#CC1=C(N)OC2=C(C(=O)CCC2)[C@H]1c1ccc(-c2ccccc2Cl)o1. The molecule has 1 atom stereocenters. The van der Waals surface area contributed by atoms with Crippen LogP contribution in [0.15, 0.2) is 63.6 Å². The highest BCUT2D eigenvalue weighted by Crippen LogP contribution is 2.44. The van der Waals surface area contributed by atoms with Gasteiger partial charge >= 0.3 is 0 Å². The summed E-state index contributed by atoms with van der Waals surface area (Å²) in [4.78, 5) is 12.5. The Morgan fingerprint density at radius 3 is 2.77 bits per heavy atom. The van der Waals surface area contributed by atoms with Gasteiger partial charge in [0.25, 0.3) is 0 Å². The van der Waals surface area contributed by atoms with E-state index in [4.69, 9.17) is 26.5 Å². The van der Waals surface area contributed by atoms with Gasteiger partial charge in [-0.2, -0.15) is 5.26 Å². The molecule has 0 radical (unpaired) electrons. The molecule has 130 valence electrons. The highest BCUT2D eigenvalue weighted by molar-refractivity contribution is 6.33. The van der Waals surface area contributed by atoms with Gasteiger partial charge in [0.1, 0.15) is 28.9 Å². The molecule has 0 spiro atoms. The fraction of sp³-hybridized carbons (Fsp3) is 0.200. The Bertz CT molecular complexity index is 1010. The summed E-state index contributed by atoms with van der Waals surface area (Å²) in [5.74, 6) is 0.934. The molecule has 5 nitrogen and oxygen atoms in total. The average molecular weight is 367 g/mol. The predicted octanol–water partition coefficient (Wildman–Crippen LogP) is 4.41. The van der Waals surface area contributed by atoms with E-state index >= 15 is 0 Å². The Hall–Kier alpha value is -2.97. The second kappa shape index (κ2) is 6.40. The molecule has 26 heavy (non-hydrogen) atoms. The molecule has 0 unspecified atom stereocenters. The molecule has 0 saturated heterocycles. The third-order valence-electron chi connectivity index (χ3n) is 4.66. The van der Waals surface area contributed by atoms with E-state index in [0.29, 0.717) is 47.1 Å². The minimum Gasteiger partial charge on any atom is -0.460 e. The van der Waals surface area contributed by atoms with Crippen LogP contribution in [-0.2, 0) is 9.53 Å². The Balaban J connectivity index is 1.83. The Kier molecular flexibility index (Phi) is 4.06. The van der Waals surface area contributed by atoms with Crippen molar-refractivity contribution < 1.29 is 13.9 Å². The topological polar surface area (TPSA) is 89.3 Å². The quantitative estimate of drug-likeness (QED) is 0.849.